The maximum atomic E-state index is 11.5. The van der Waals surface area contributed by atoms with Crippen LogP contribution in [0.5, 0.6) is 11.5 Å². The van der Waals surface area contributed by atoms with Crippen LogP contribution in [0.15, 0.2) is 18.2 Å². The third-order valence-corrected chi connectivity index (χ3v) is 2.93. The van der Waals surface area contributed by atoms with Crippen LogP contribution >= 0.6 is 11.6 Å². The molecule has 22 heavy (non-hydrogen) atoms. The molecule has 0 saturated heterocycles. The molecule has 7 heteroatoms. The number of primary amides is 1. The van der Waals surface area contributed by atoms with Gasteiger partial charge in [-0.2, -0.15) is 0 Å². The number of methoxy groups -OCH3 is 1. The Kier molecular flexibility index (Phi) is 6.72. The number of amides is 1. The zero-order valence-electron chi connectivity index (χ0n) is 12.6. The van der Waals surface area contributed by atoms with E-state index in [-0.39, 0.29) is 0 Å². The number of ether oxygens (including phenoxy) is 3. The molecule has 1 aromatic carbocycles. The Morgan fingerprint density at radius 3 is 2.64 bits per heavy atom. The molecule has 0 fully saturated rings. The normalized spacial score (nSPS) is 12.0. The monoisotopic (exact) mass is 327 g/mol. The SMILES string of the molecule is CCOc1c(Cl)cc(/C=C/C(=O)O[C@@H](C)C(N)=O)cc1OC. The Morgan fingerprint density at radius 2 is 2.09 bits per heavy atom. The molecule has 6 nitrogen and oxygen atoms in total. The highest BCUT2D eigenvalue weighted by atomic mass is 35.5. The first-order valence-electron chi connectivity index (χ1n) is 6.57. The van der Waals surface area contributed by atoms with E-state index >= 15 is 0 Å². The fourth-order valence-electron chi connectivity index (χ4n) is 1.56. The zero-order valence-corrected chi connectivity index (χ0v) is 13.3. The van der Waals surface area contributed by atoms with Crippen molar-refractivity contribution in [3.63, 3.8) is 0 Å². The first-order valence-corrected chi connectivity index (χ1v) is 6.95. The summed E-state index contributed by atoms with van der Waals surface area (Å²) in [5.41, 5.74) is 5.63. The molecule has 0 aliphatic carbocycles. The van der Waals surface area contributed by atoms with Crippen LogP contribution in [0, 0.1) is 0 Å². The second-order valence-electron chi connectivity index (χ2n) is 4.28. The first-order chi connectivity index (χ1) is 10.4. The van der Waals surface area contributed by atoms with Crippen LogP contribution in [-0.4, -0.2) is 31.7 Å². The van der Waals surface area contributed by atoms with Gasteiger partial charge in [-0.1, -0.05) is 11.6 Å². The van der Waals surface area contributed by atoms with Crippen molar-refractivity contribution >= 4 is 29.6 Å². The first kappa shape index (κ1) is 17.8. The molecule has 1 atom stereocenters. The molecule has 0 saturated carbocycles. The Bertz CT molecular complexity index is 586. The van der Waals surface area contributed by atoms with Crippen LogP contribution in [0.25, 0.3) is 6.08 Å². The summed E-state index contributed by atoms with van der Waals surface area (Å²) in [5.74, 6) is -0.510. The molecule has 1 amide bonds. The van der Waals surface area contributed by atoms with E-state index in [2.05, 4.69) is 0 Å². The van der Waals surface area contributed by atoms with Crippen LogP contribution in [0.2, 0.25) is 5.02 Å². The van der Waals surface area contributed by atoms with Crippen molar-refractivity contribution in [2.24, 2.45) is 5.73 Å². The third-order valence-electron chi connectivity index (χ3n) is 2.65. The summed E-state index contributed by atoms with van der Waals surface area (Å²) in [5, 5.41) is 0.361. The molecule has 1 aromatic rings. The number of nitrogens with two attached hydrogens (primary N) is 1. The molecule has 0 aromatic heterocycles. The number of carbonyl (C=O) groups is 2. The summed E-state index contributed by atoms with van der Waals surface area (Å²) < 4.78 is 15.4. The van der Waals surface area contributed by atoms with Gasteiger partial charge in [0.25, 0.3) is 5.91 Å². The number of halogens is 1. The van der Waals surface area contributed by atoms with Crippen molar-refractivity contribution in [2.75, 3.05) is 13.7 Å². The van der Waals surface area contributed by atoms with Crippen LogP contribution in [-0.2, 0) is 14.3 Å². The average Bonchev–Trinajstić information content (AvgIpc) is 2.47. The van der Waals surface area contributed by atoms with Gasteiger partial charge >= 0.3 is 5.97 Å². The summed E-state index contributed by atoms with van der Waals surface area (Å²) in [6, 6.07) is 3.29. The summed E-state index contributed by atoms with van der Waals surface area (Å²) in [4.78, 5) is 22.3. The second kappa shape index (κ2) is 8.29. The number of esters is 1. The van der Waals surface area contributed by atoms with Crippen molar-refractivity contribution < 1.29 is 23.8 Å². The van der Waals surface area contributed by atoms with E-state index < -0.39 is 18.0 Å². The minimum Gasteiger partial charge on any atom is -0.493 e. The van der Waals surface area contributed by atoms with Crippen molar-refractivity contribution in [3.05, 3.63) is 28.8 Å². The van der Waals surface area contributed by atoms with Gasteiger partial charge in [-0.05, 0) is 37.6 Å². The maximum absolute atomic E-state index is 11.5. The van der Waals surface area contributed by atoms with Gasteiger partial charge < -0.3 is 19.9 Å². The average molecular weight is 328 g/mol. The van der Waals surface area contributed by atoms with Crippen LogP contribution < -0.4 is 15.2 Å². The Hall–Kier alpha value is -2.21. The van der Waals surface area contributed by atoms with Crippen LogP contribution in [0.1, 0.15) is 19.4 Å². The predicted molar refractivity (Wildman–Crippen MR) is 83.0 cm³/mol. The van der Waals surface area contributed by atoms with Gasteiger partial charge in [0, 0.05) is 6.08 Å². The minimum atomic E-state index is -0.990. The minimum absolute atomic E-state index is 0.361. The number of benzene rings is 1. The second-order valence-corrected chi connectivity index (χ2v) is 4.69. The van der Waals surface area contributed by atoms with E-state index in [1.54, 1.807) is 12.1 Å². The molecule has 2 N–H and O–H groups in total. The van der Waals surface area contributed by atoms with E-state index in [1.165, 1.54) is 26.2 Å². The van der Waals surface area contributed by atoms with Gasteiger partial charge in [0.05, 0.1) is 18.7 Å². The number of rotatable bonds is 7. The van der Waals surface area contributed by atoms with Gasteiger partial charge in [0.1, 0.15) is 0 Å². The van der Waals surface area contributed by atoms with Gasteiger partial charge in [-0.15, -0.1) is 0 Å². The highest BCUT2D eigenvalue weighted by Gasteiger charge is 2.13. The zero-order chi connectivity index (χ0) is 16.7. The van der Waals surface area contributed by atoms with E-state index in [4.69, 9.17) is 31.5 Å². The van der Waals surface area contributed by atoms with E-state index in [9.17, 15) is 9.59 Å². The predicted octanol–water partition coefficient (Wildman–Crippen LogP) is 2.18. The summed E-state index contributed by atoms with van der Waals surface area (Å²) in [7, 11) is 1.49. The molecule has 0 spiro atoms. The van der Waals surface area contributed by atoms with E-state index in [0.29, 0.717) is 28.7 Å². The molecule has 0 aliphatic heterocycles. The topological polar surface area (TPSA) is 87.9 Å². The van der Waals surface area contributed by atoms with Crippen molar-refractivity contribution in [3.8, 4) is 11.5 Å². The Morgan fingerprint density at radius 1 is 1.41 bits per heavy atom. The van der Waals surface area contributed by atoms with Crippen molar-refractivity contribution in [1.82, 2.24) is 0 Å². The van der Waals surface area contributed by atoms with Crippen molar-refractivity contribution in [1.29, 1.82) is 0 Å². The summed E-state index contributed by atoms with van der Waals surface area (Å²) in [6.07, 6.45) is 1.67. The fraction of sp³-hybridized carbons (Fsp3) is 0.333. The number of hydrogen-bond acceptors (Lipinski definition) is 5. The molecule has 0 aliphatic rings. The molecular weight excluding hydrogens is 310 g/mol. The van der Waals surface area contributed by atoms with Gasteiger partial charge in [0.2, 0.25) is 0 Å². The molecule has 0 radical (unpaired) electrons. The largest absolute Gasteiger partial charge is 0.493 e. The van der Waals surface area contributed by atoms with E-state index in [0.717, 1.165) is 0 Å². The molecular formula is C15H18ClNO5. The van der Waals surface area contributed by atoms with Gasteiger partial charge in [-0.3, -0.25) is 4.79 Å². The van der Waals surface area contributed by atoms with E-state index in [1.807, 2.05) is 6.92 Å². The molecule has 0 bridgehead atoms. The maximum Gasteiger partial charge on any atom is 0.331 e. The highest BCUT2D eigenvalue weighted by Crippen LogP contribution is 2.36. The van der Waals surface area contributed by atoms with Crippen LogP contribution in [0.4, 0.5) is 0 Å². The van der Waals surface area contributed by atoms with Crippen molar-refractivity contribution in [2.45, 2.75) is 20.0 Å². The lowest BCUT2D eigenvalue weighted by Gasteiger charge is -2.12. The van der Waals surface area contributed by atoms with Gasteiger partial charge in [-0.25, -0.2) is 4.79 Å². The molecule has 120 valence electrons. The number of hydrogen-bond donors (Lipinski definition) is 1. The Balaban J connectivity index is 2.89. The lowest BCUT2D eigenvalue weighted by atomic mass is 10.2. The fourth-order valence-corrected chi connectivity index (χ4v) is 1.83. The summed E-state index contributed by atoms with van der Waals surface area (Å²) in [6.45, 7) is 3.67. The smallest absolute Gasteiger partial charge is 0.331 e. The standard InChI is InChI=1S/C15H18ClNO5/c1-4-21-14-11(16)7-10(8-12(14)20-3)5-6-13(18)22-9(2)15(17)19/h5-9H,4H2,1-3H3,(H2,17,19)/b6-5+/t9-/m0/s1. The summed E-state index contributed by atoms with van der Waals surface area (Å²) >= 11 is 6.12. The molecule has 1 rings (SSSR count). The third kappa shape index (κ3) is 4.96. The highest BCUT2D eigenvalue weighted by molar-refractivity contribution is 6.32. The number of carbonyl (C=O) groups excluding carboxylic acids is 2. The molecule has 0 heterocycles. The van der Waals surface area contributed by atoms with Gasteiger partial charge in [0.15, 0.2) is 17.6 Å². The van der Waals surface area contributed by atoms with Crippen LogP contribution in [0.3, 0.4) is 0 Å². The molecule has 0 unspecified atom stereocenters. The lowest BCUT2D eigenvalue weighted by Crippen LogP contribution is -2.29. The lowest BCUT2D eigenvalue weighted by molar-refractivity contribution is -0.148. The Labute approximate surface area is 133 Å². The quantitative estimate of drug-likeness (QED) is 0.612.